The highest BCUT2D eigenvalue weighted by molar-refractivity contribution is 9.10. The molecular formula is C20H25BrN4OS. The molecular weight excluding hydrogens is 424 g/mol. The fourth-order valence-electron chi connectivity index (χ4n) is 3.62. The van der Waals surface area contributed by atoms with Crippen molar-refractivity contribution < 1.29 is 4.79 Å². The van der Waals surface area contributed by atoms with Crippen molar-refractivity contribution in [3.05, 3.63) is 41.4 Å². The van der Waals surface area contributed by atoms with E-state index in [4.69, 9.17) is 0 Å². The van der Waals surface area contributed by atoms with Crippen molar-refractivity contribution in [3.8, 4) is 11.4 Å². The van der Waals surface area contributed by atoms with E-state index in [0.29, 0.717) is 24.4 Å². The average Bonchev–Trinajstić information content (AvgIpc) is 3.03. The molecule has 1 fully saturated rings. The molecule has 0 spiro atoms. The van der Waals surface area contributed by atoms with E-state index < -0.39 is 0 Å². The molecule has 2 atom stereocenters. The molecule has 1 aromatic carbocycles. The third-order valence-electron chi connectivity index (χ3n) is 4.94. The Labute approximate surface area is 173 Å². The first-order valence-corrected chi connectivity index (χ1v) is 11.0. The molecule has 2 heterocycles. The Morgan fingerprint density at radius 1 is 1.26 bits per heavy atom. The second kappa shape index (κ2) is 9.06. The molecule has 1 aliphatic heterocycles. The lowest BCUT2D eigenvalue weighted by atomic mass is 9.98. The van der Waals surface area contributed by atoms with Gasteiger partial charge < -0.3 is 4.90 Å². The van der Waals surface area contributed by atoms with E-state index in [1.807, 2.05) is 39.8 Å². The molecule has 27 heavy (non-hydrogen) atoms. The van der Waals surface area contributed by atoms with Gasteiger partial charge in [-0.25, -0.2) is 0 Å². The van der Waals surface area contributed by atoms with E-state index in [2.05, 4.69) is 46.6 Å². The number of allylic oxidation sites excluding steroid dienone is 1. The van der Waals surface area contributed by atoms with Crippen LogP contribution in [-0.2, 0) is 11.3 Å². The number of benzene rings is 1. The number of hydrogen-bond donors (Lipinski definition) is 0. The van der Waals surface area contributed by atoms with Gasteiger partial charge in [0.1, 0.15) is 0 Å². The van der Waals surface area contributed by atoms with Crippen LogP contribution >= 0.6 is 27.7 Å². The first kappa shape index (κ1) is 20.1. The molecule has 0 N–H and O–H groups in total. The van der Waals surface area contributed by atoms with Gasteiger partial charge in [-0.2, -0.15) is 0 Å². The van der Waals surface area contributed by atoms with Gasteiger partial charge in [-0.05, 0) is 45.2 Å². The molecule has 3 rings (SSSR count). The van der Waals surface area contributed by atoms with Crippen molar-refractivity contribution in [1.29, 1.82) is 0 Å². The van der Waals surface area contributed by atoms with Crippen molar-refractivity contribution in [2.45, 2.75) is 56.9 Å². The number of nitrogens with zero attached hydrogens (tertiary/aromatic N) is 4. The SMILES string of the molecule is C=CCn1c(SCC(=O)N2C(C)CCCC2C)nnc1-c1ccc(Br)cc1. The molecule has 7 heteroatoms. The molecule has 0 radical (unpaired) electrons. The summed E-state index contributed by atoms with van der Waals surface area (Å²) in [6.07, 6.45) is 5.19. The molecule has 1 saturated heterocycles. The van der Waals surface area contributed by atoms with Gasteiger partial charge in [0.2, 0.25) is 5.91 Å². The quantitative estimate of drug-likeness (QED) is 0.471. The number of piperidine rings is 1. The molecule has 5 nitrogen and oxygen atoms in total. The fourth-order valence-corrected chi connectivity index (χ4v) is 4.70. The Balaban J connectivity index is 1.75. The number of likely N-dealkylation sites (tertiary alicyclic amines) is 1. The van der Waals surface area contributed by atoms with E-state index in [1.165, 1.54) is 18.2 Å². The minimum Gasteiger partial charge on any atom is -0.337 e. The Morgan fingerprint density at radius 3 is 2.56 bits per heavy atom. The summed E-state index contributed by atoms with van der Waals surface area (Å²) in [5.41, 5.74) is 0.990. The van der Waals surface area contributed by atoms with Gasteiger partial charge in [0.15, 0.2) is 11.0 Å². The number of amides is 1. The highest BCUT2D eigenvalue weighted by atomic mass is 79.9. The lowest BCUT2D eigenvalue weighted by Crippen LogP contribution is -2.48. The van der Waals surface area contributed by atoms with Gasteiger partial charge in [0.25, 0.3) is 0 Å². The van der Waals surface area contributed by atoms with Gasteiger partial charge in [0, 0.05) is 28.7 Å². The Kier molecular flexibility index (Phi) is 6.76. The number of carbonyl (C=O) groups excluding carboxylic acids is 1. The monoisotopic (exact) mass is 448 g/mol. The van der Waals surface area contributed by atoms with Crippen molar-refractivity contribution in [3.63, 3.8) is 0 Å². The summed E-state index contributed by atoms with van der Waals surface area (Å²) in [5.74, 6) is 1.35. The predicted molar refractivity (Wildman–Crippen MR) is 114 cm³/mol. The third kappa shape index (κ3) is 4.63. The molecule has 144 valence electrons. The van der Waals surface area contributed by atoms with E-state index in [9.17, 15) is 4.79 Å². The van der Waals surface area contributed by atoms with Gasteiger partial charge in [-0.3, -0.25) is 9.36 Å². The van der Waals surface area contributed by atoms with Crippen LogP contribution in [0.1, 0.15) is 33.1 Å². The summed E-state index contributed by atoms with van der Waals surface area (Å²) in [7, 11) is 0. The first-order chi connectivity index (χ1) is 13.0. The minimum absolute atomic E-state index is 0.179. The van der Waals surface area contributed by atoms with Crippen molar-refractivity contribution in [2.24, 2.45) is 0 Å². The average molecular weight is 449 g/mol. The molecule has 1 amide bonds. The number of rotatable bonds is 6. The van der Waals surface area contributed by atoms with Crippen LogP contribution in [-0.4, -0.2) is 43.4 Å². The van der Waals surface area contributed by atoms with Crippen LogP contribution in [0.25, 0.3) is 11.4 Å². The van der Waals surface area contributed by atoms with Gasteiger partial charge in [-0.1, -0.05) is 45.9 Å². The number of thioether (sulfide) groups is 1. The zero-order valence-electron chi connectivity index (χ0n) is 15.8. The number of halogens is 1. The Hall–Kier alpha value is -1.60. The zero-order valence-corrected chi connectivity index (χ0v) is 18.2. The van der Waals surface area contributed by atoms with Crippen molar-refractivity contribution >= 4 is 33.6 Å². The summed E-state index contributed by atoms with van der Waals surface area (Å²) in [6.45, 7) is 8.73. The molecule has 2 unspecified atom stereocenters. The maximum absolute atomic E-state index is 12.8. The van der Waals surface area contributed by atoms with Crippen molar-refractivity contribution in [1.82, 2.24) is 19.7 Å². The first-order valence-electron chi connectivity index (χ1n) is 9.25. The van der Waals surface area contributed by atoms with Crippen LogP contribution in [0.3, 0.4) is 0 Å². The van der Waals surface area contributed by atoms with E-state index in [-0.39, 0.29) is 5.91 Å². The summed E-state index contributed by atoms with van der Waals surface area (Å²) in [6, 6.07) is 8.60. The van der Waals surface area contributed by atoms with E-state index in [0.717, 1.165) is 33.9 Å². The number of aromatic nitrogens is 3. The topological polar surface area (TPSA) is 51.0 Å². The standard InChI is InChI=1S/C20H25BrN4OS/c1-4-12-24-19(16-8-10-17(21)11-9-16)22-23-20(24)27-13-18(26)25-14(2)6-5-7-15(25)3/h4,8-11,14-15H,1,5-7,12-13H2,2-3H3. The molecule has 1 aliphatic rings. The molecule has 1 aromatic heterocycles. The fraction of sp³-hybridized carbons (Fsp3) is 0.450. The minimum atomic E-state index is 0.179. The lowest BCUT2D eigenvalue weighted by Gasteiger charge is -2.39. The maximum Gasteiger partial charge on any atom is 0.233 e. The third-order valence-corrected chi connectivity index (χ3v) is 6.42. The predicted octanol–water partition coefficient (Wildman–Crippen LogP) is 4.78. The van der Waals surface area contributed by atoms with Crippen LogP contribution in [0.4, 0.5) is 0 Å². The summed E-state index contributed by atoms with van der Waals surface area (Å²) in [5, 5.41) is 9.44. The van der Waals surface area contributed by atoms with Crippen LogP contribution < -0.4 is 0 Å². The smallest absolute Gasteiger partial charge is 0.233 e. The molecule has 0 aliphatic carbocycles. The molecule has 2 aromatic rings. The normalized spacial score (nSPS) is 19.9. The summed E-state index contributed by atoms with van der Waals surface area (Å²) >= 11 is 4.91. The van der Waals surface area contributed by atoms with Crippen LogP contribution in [0.5, 0.6) is 0 Å². The van der Waals surface area contributed by atoms with E-state index >= 15 is 0 Å². The van der Waals surface area contributed by atoms with Crippen LogP contribution in [0, 0.1) is 0 Å². The van der Waals surface area contributed by atoms with Crippen LogP contribution in [0.2, 0.25) is 0 Å². The van der Waals surface area contributed by atoms with Gasteiger partial charge in [-0.15, -0.1) is 16.8 Å². The highest BCUT2D eigenvalue weighted by Gasteiger charge is 2.29. The van der Waals surface area contributed by atoms with E-state index in [1.54, 1.807) is 0 Å². The Morgan fingerprint density at radius 2 is 1.93 bits per heavy atom. The molecule has 0 bridgehead atoms. The second-order valence-corrected chi connectivity index (χ2v) is 8.79. The Bertz CT molecular complexity index is 795. The number of hydrogen-bond acceptors (Lipinski definition) is 4. The van der Waals surface area contributed by atoms with Gasteiger partial charge in [0.05, 0.1) is 5.75 Å². The maximum atomic E-state index is 12.8. The van der Waals surface area contributed by atoms with Crippen molar-refractivity contribution in [2.75, 3.05) is 5.75 Å². The largest absolute Gasteiger partial charge is 0.337 e. The van der Waals surface area contributed by atoms with Gasteiger partial charge >= 0.3 is 0 Å². The molecule has 0 saturated carbocycles. The summed E-state index contributed by atoms with van der Waals surface area (Å²) in [4.78, 5) is 14.8. The highest BCUT2D eigenvalue weighted by Crippen LogP contribution is 2.27. The zero-order chi connectivity index (χ0) is 19.4. The number of carbonyl (C=O) groups is 1. The van der Waals surface area contributed by atoms with Crippen LogP contribution in [0.15, 0.2) is 46.5 Å². The summed E-state index contributed by atoms with van der Waals surface area (Å²) < 4.78 is 3.03. The lowest BCUT2D eigenvalue weighted by molar-refractivity contribution is -0.134. The second-order valence-electron chi connectivity index (χ2n) is 6.93.